The molecule has 1 heterocycles. The van der Waals surface area contributed by atoms with E-state index in [-0.39, 0.29) is 13.0 Å². The number of aromatic nitrogens is 4. The molecule has 0 aliphatic carbocycles. The van der Waals surface area contributed by atoms with Crippen molar-refractivity contribution in [3.8, 4) is 5.69 Å². The number of nitrogens with zero attached hydrogens (tertiary/aromatic N) is 5. The first-order chi connectivity index (χ1) is 12.1. The summed E-state index contributed by atoms with van der Waals surface area (Å²) in [6, 6.07) is 0.779. The molecule has 2 rings (SSSR count). The molecule has 1 aromatic heterocycles. The lowest BCUT2D eigenvalue weighted by atomic mass is 10.2. The van der Waals surface area contributed by atoms with Gasteiger partial charge in [-0.3, -0.25) is 8.60 Å². The number of hydrogen-bond donors (Lipinski definition) is 0. The zero-order valence-electron chi connectivity index (χ0n) is 12.4. The van der Waals surface area contributed by atoms with Crippen LogP contribution in [0.3, 0.4) is 0 Å². The van der Waals surface area contributed by atoms with Gasteiger partial charge >= 0.3 is 12.0 Å². The Kier molecular flexibility index (Phi) is 5.98. The minimum absolute atomic E-state index is 0.0933. The van der Waals surface area contributed by atoms with Crippen molar-refractivity contribution in [2.75, 3.05) is 11.0 Å². The van der Waals surface area contributed by atoms with E-state index in [1.54, 1.807) is 0 Å². The predicted molar refractivity (Wildman–Crippen MR) is 78.6 cm³/mol. The van der Waals surface area contributed by atoms with Crippen LogP contribution < -0.4 is 9.99 Å². The van der Waals surface area contributed by atoms with Gasteiger partial charge in [-0.15, -0.1) is 13.2 Å². The number of tetrazole rings is 1. The largest absolute Gasteiger partial charge is 0.755 e. The second kappa shape index (κ2) is 7.67. The molecule has 8 nitrogen and oxygen atoms in total. The molecule has 0 saturated heterocycles. The Morgan fingerprint density at radius 1 is 1.31 bits per heavy atom. The van der Waals surface area contributed by atoms with Crippen LogP contribution in [0.5, 0.6) is 0 Å². The number of alkyl halides is 4. The topological polar surface area (TPSA) is 96.1 Å². The van der Waals surface area contributed by atoms with E-state index in [0.29, 0.717) is 21.5 Å². The monoisotopic (exact) mass is 420 g/mol. The van der Waals surface area contributed by atoms with Crippen LogP contribution in [0, 0.1) is 5.82 Å². The Bertz CT molecular complexity index is 886. The lowest BCUT2D eigenvalue weighted by molar-refractivity contribution is -0.115. The molecule has 0 N–H and O–H groups in total. The summed E-state index contributed by atoms with van der Waals surface area (Å²) in [5.41, 5.74) is -3.03. The highest BCUT2D eigenvalue weighted by Gasteiger charge is 2.40. The molecule has 0 saturated carbocycles. The zero-order valence-corrected chi connectivity index (χ0v) is 14.0. The first-order valence-electron chi connectivity index (χ1n) is 6.62. The molecule has 26 heavy (non-hydrogen) atoms. The maximum Gasteiger partial charge on any atom is 0.495 e. The number of rotatable bonds is 6. The van der Waals surface area contributed by atoms with Crippen LogP contribution >= 0.6 is 11.6 Å². The molecule has 1 aromatic carbocycles. The van der Waals surface area contributed by atoms with Gasteiger partial charge in [0, 0.05) is 0 Å². The van der Waals surface area contributed by atoms with Gasteiger partial charge in [0.1, 0.15) is 5.69 Å². The molecule has 0 spiro atoms. The van der Waals surface area contributed by atoms with Gasteiger partial charge < -0.3 is 4.55 Å². The van der Waals surface area contributed by atoms with Gasteiger partial charge in [0.2, 0.25) is 0 Å². The Morgan fingerprint density at radius 2 is 1.96 bits per heavy atom. The third-order valence-corrected chi connectivity index (χ3v) is 3.99. The van der Waals surface area contributed by atoms with E-state index in [9.17, 15) is 35.5 Å². The van der Waals surface area contributed by atoms with Crippen molar-refractivity contribution in [1.82, 2.24) is 19.8 Å². The fourth-order valence-electron chi connectivity index (χ4n) is 1.92. The third kappa shape index (κ3) is 4.02. The summed E-state index contributed by atoms with van der Waals surface area (Å²) >= 11 is 1.69. The molecule has 1 unspecified atom stereocenters. The van der Waals surface area contributed by atoms with Crippen LogP contribution in [0.1, 0.15) is 6.42 Å². The zero-order chi connectivity index (χ0) is 19.6. The van der Waals surface area contributed by atoms with Crippen LogP contribution in [0.25, 0.3) is 5.69 Å². The van der Waals surface area contributed by atoms with E-state index in [2.05, 4.69) is 10.4 Å². The van der Waals surface area contributed by atoms with Crippen molar-refractivity contribution in [2.24, 2.45) is 0 Å². The highest BCUT2D eigenvalue weighted by atomic mass is 35.5. The summed E-state index contributed by atoms with van der Waals surface area (Å²) in [7, 11) is 0. The van der Waals surface area contributed by atoms with Gasteiger partial charge in [-0.1, -0.05) is 11.6 Å². The number of aryl methyl sites for hydroxylation is 1. The lowest BCUT2D eigenvalue weighted by Crippen LogP contribution is -2.39. The minimum atomic E-state index is -5.39. The molecule has 0 bridgehead atoms. The third-order valence-electron chi connectivity index (χ3n) is 2.99. The summed E-state index contributed by atoms with van der Waals surface area (Å²) in [6.07, 6.45) is -5.49. The van der Waals surface area contributed by atoms with Gasteiger partial charge in [-0.2, -0.15) is 9.36 Å². The van der Waals surface area contributed by atoms with E-state index in [4.69, 9.17) is 11.6 Å². The summed E-state index contributed by atoms with van der Waals surface area (Å²) in [5, 5.41) is 5.77. The summed E-state index contributed by atoms with van der Waals surface area (Å²) in [5.74, 6) is -1.25. The minimum Gasteiger partial charge on any atom is -0.755 e. The maximum atomic E-state index is 14.1. The van der Waals surface area contributed by atoms with Crippen LogP contribution in [0.15, 0.2) is 16.9 Å². The van der Waals surface area contributed by atoms with Crippen molar-refractivity contribution in [2.45, 2.75) is 19.3 Å². The van der Waals surface area contributed by atoms with E-state index in [1.807, 2.05) is 0 Å². The van der Waals surface area contributed by atoms with Crippen molar-refractivity contribution >= 4 is 28.6 Å². The Hall–Kier alpha value is -2.06. The normalized spacial score (nSPS) is 13.0. The Balaban J connectivity index is 2.61. The molecule has 1 atom stereocenters. The van der Waals surface area contributed by atoms with E-state index >= 15 is 0 Å². The standard InChI is InChI=1S/C11H9ClF5N5O3S/c12-6-4-7(14)9(5-8(6)22(26(24)25)11(15,16)17)21-10(23)20(18-19-21)3-1-2-13/h4-5H,1-3H2,(H,24,25)/p-1. The SMILES string of the molecule is O=c1n(CCCF)nnn1-c1cc(N(S(=O)[O-])C(F)(F)F)c(Cl)cc1F. The first kappa shape index (κ1) is 20.3. The average Bonchev–Trinajstić information content (AvgIpc) is 2.87. The highest BCUT2D eigenvalue weighted by Crippen LogP contribution is 2.37. The Labute approximate surface area is 149 Å². The van der Waals surface area contributed by atoms with Crippen LogP contribution in [-0.2, 0) is 17.8 Å². The molecule has 15 heteroatoms. The van der Waals surface area contributed by atoms with Crippen molar-refractivity contribution in [1.29, 1.82) is 0 Å². The molecule has 0 aliphatic rings. The predicted octanol–water partition coefficient (Wildman–Crippen LogP) is 1.70. The lowest BCUT2D eigenvalue weighted by Gasteiger charge is -2.29. The molecular formula is C11H8ClF5N5O3S-. The summed E-state index contributed by atoms with van der Waals surface area (Å²) in [6.45, 7) is -0.967. The molecule has 2 aromatic rings. The molecule has 144 valence electrons. The molecule has 0 radical (unpaired) electrons. The van der Waals surface area contributed by atoms with Gasteiger partial charge in [-0.25, -0.2) is 13.5 Å². The average molecular weight is 421 g/mol. The summed E-state index contributed by atoms with van der Waals surface area (Å²) < 4.78 is 86.9. The quantitative estimate of drug-likeness (QED) is 0.402. The number of hydrogen-bond acceptors (Lipinski definition) is 5. The Morgan fingerprint density at radius 3 is 2.50 bits per heavy atom. The second-order valence-corrected chi connectivity index (χ2v) is 5.88. The molecule has 0 aliphatic heterocycles. The fraction of sp³-hybridized carbons (Fsp3) is 0.364. The van der Waals surface area contributed by atoms with Gasteiger partial charge in [0.05, 0.1) is 35.2 Å². The van der Waals surface area contributed by atoms with Crippen molar-refractivity contribution < 1.29 is 30.7 Å². The van der Waals surface area contributed by atoms with Crippen LogP contribution in [-0.4, -0.2) is 41.5 Å². The molecule has 0 amide bonds. The van der Waals surface area contributed by atoms with Crippen LogP contribution in [0.2, 0.25) is 5.02 Å². The first-order valence-corrected chi connectivity index (χ1v) is 8.03. The number of anilines is 1. The van der Waals surface area contributed by atoms with Crippen molar-refractivity contribution in [3.05, 3.63) is 33.5 Å². The maximum absolute atomic E-state index is 14.1. The number of halogens is 6. The smallest absolute Gasteiger partial charge is 0.495 e. The van der Waals surface area contributed by atoms with Crippen LogP contribution in [0.4, 0.5) is 27.6 Å². The number of benzene rings is 1. The fourth-order valence-corrected chi connectivity index (χ4v) is 2.69. The van der Waals surface area contributed by atoms with Crippen molar-refractivity contribution in [3.63, 3.8) is 0 Å². The van der Waals surface area contributed by atoms with Gasteiger partial charge in [0.25, 0.3) is 0 Å². The van der Waals surface area contributed by atoms with Gasteiger partial charge in [-0.05, 0) is 29.0 Å². The second-order valence-electron chi connectivity index (χ2n) is 4.67. The summed E-state index contributed by atoms with van der Waals surface area (Å²) in [4.78, 5) is 12.0. The van der Waals surface area contributed by atoms with E-state index < -0.39 is 56.5 Å². The van der Waals surface area contributed by atoms with Gasteiger partial charge in [0.15, 0.2) is 5.82 Å². The van der Waals surface area contributed by atoms with E-state index in [0.717, 1.165) is 0 Å². The molecule has 0 fully saturated rings. The molecular weight excluding hydrogens is 413 g/mol. The highest BCUT2D eigenvalue weighted by molar-refractivity contribution is 7.80. The van der Waals surface area contributed by atoms with E-state index in [1.165, 1.54) is 0 Å².